The Labute approximate surface area is 135 Å². The Balaban J connectivity index is 1.82. The third-order valence-corrected chi connectivity index (χ3v) is 3.90. The fourth-order valence-corrected chi connectivity index (χ4v) is 2.59. The topological polar surface area (TPSA) is 104 Å². The average molecular weight is 324 g/mol. The maximum absolute atomic E-state index is 12.2. The minimum atomic E-state index is -0.727. The Bertz CT molecular complexity index is 546. The lowest BCUT2D eigenvalue weighted by Crippen LogP contribution is -2.44. The second-order valence-corrected chi connectivity index (χ2v) is 5.58. The molecule has 2 N–H and O–H groups in total. The van der Waals surface area contributed by atoms with Gasteiger partial charge < -0.3 is 24.8 Å². The molecule has 0 radical (unpaired) electrons. The molecule has 1 atom stereocenters. The van der Waals surface area contributed by atoms with E-state index in [2.05, 4.69) is 15.5 Å². The molecule has 1 aromatic heterocycles. The van der Waals surface area contributed by atoms with Gasteiger partial charge in [-0.1, -0.05) is 0 Å². The molecular weight excluding hydrogens is 300 g/mol. The molecule has 0 bridgehead atoms. The third kappa shape index (κ3) is 4.65. The van der Waals surface area contributed by atoms with Crippen LogP contribution in [-0.4, -0.2) is 80.4 Å². The van der Waals surface area contributed by atoms with Crippen molar-refractivity contribution in [1.82, 2.24) is 29.9 Å². The molecule has 2 heterocycles. The van der Waals surface area contributed by atoms with Gasteiger partial charge in [-0.05, 0) is 6.92 Å². The molecule has 0 unspecified atom stereocenters. The Morgan fingerprint density at radius 2 is 2.04 bits per heavy atom. The van der Waals surface area contributed by atoms with Gasteiger partial charge in [0.15, 0.2) is 0 Å². The first-order valence-corrected chi connectivity index (χ1v) is 7.84. The SMILES string of the molecule is CCn1cnnc1CCNC(=O)N1CCN(C(C)=O)C[C@@H](O)C1. The molecule has 128 valence electrons. The van der Waals surface area contributed by atoms with Crippen molar-refractivity contribution in [3.05, 3.63) is 12.2 Å². The van der Waals surface area contributed by atoms with Crippen LogP contribution in [0.5, 0.6) is 0 Å². The highest BCUT2D eigenvalue weighted by molar-refractivity contribution is 5.75. The highest BCUT2D eigenvalue weighted by Gasteiger charge is 2.25. The number of rotatable bonds is 4. The van der Waals surface area contributed by atoms with Crippen LogP contribution < -0.4 is 5.32 Å². The van der Waals surface area contributed by atoms with Crippen molar-refractivity contribution in [3.63, 3.8) is 0 Å². The molecule has 0 saturated carbocycles. The quantitative estimate of drug-likeness (QED) is 0.745. The number of hydrogen-bond donors (Lipinski definition) is 2. The summed E-state index contributed by atoms with van der Waals surface area (Å²) in [6, 6.07) is -0.239. The van der Waals surface area contributed by atoms with Crippen molar-refractivity contribution in [2.75, 3.05) is 32.7 Å². The molecule has 23 heavy (non-hydrogen) atoms. The Hall–Kier alpha value is -2.16. The molecule has 9 nitrogen and oxygen atoms in total. The smallest absolute Gasteiger partial charge is 0.317 e. The van der Waals surface area contributed by atoms with Gasteiger partial charge in [-0.15, -0.1) is 10.2 Å². The van der Waals surface area contributed by atoms with Crippen molar-refractivity contribution in [1.29, 1.82) is 0 Å². The number of hydrogen-bond acceptors (Lipinski definition) is 5. The number of aliphatic hydroxyl groups is 1. The fourth-order valence-electron chi connectivity index (χ4n) is 2.59. The Morgan fingerprint density at radius 3 is 2.74 bits per heavy atom. The van der Waals surface area contributed by atoms with Crippen LogP contribution in [0.3, 0.4) is 0 Å². The van der Waals surface area contributed by atoms with E-state index in [4.69, 9.17) is 0 Å². The van der Waals surface area contributed by atoms with Gasteiger partial charge in [0.2, 0.25) is 5.91 Å². The summed E-state index contributed by atoms with van der Waals surface area (Å²) >= 11 is 0. The molecule has 1 aliphatic rings. The molecule has 1 aromatic rings. The maximum atomic E-state index is 12.2. The van der Waals surface area contributed by atoms with Crippen LogP contribution in [0.2, 0.25) is 0 Å². The number of β-amino-alcohol motifs (C(OH)–C–C–N with tert-alkyl or cyclic N) is 1. The fraction of sp³-hybridized carbons (Fsp3) is 0.714. The van der Waals surface area contributed by atoms with E-state index in [0.29, 0.717) is 26.1 Å². The second-order valence-electron chi connectivity index (χ2n) is 5.58. The highest BCUT2D eigenvalue weighted by atomic mass is 16.3. The van der Waals surface area contributed by atoms with Gasteiger partial charge in [0, 0.05) is 46.1 Å². The maximum Gasteiger partial charge on any atom is 0.317 e. The number of aryl methyl sites for hydroxylation is 1. The first-order valence-electron chi connectivity index (χ1n) is 7.84. The largest absolute Gasteiger partial charge is 0.389 e. The first-order chi connectivity index (χ1) is 11.0. The van der Waals surface area contributed by atoms with E-state index in [0.717, 1.165) is 12.4 Å². The molecule has 3 amide bonds. The zero-order valence-electron chi connectivity index (χ0n) is 13.6. The predicted octanol–water partition coefficient (Wildman–Crippen LogP) is -0.925. The highest BCUT2D eigenvalue weighted by Crippen LogP contribution is 2.05. The molecule has 0 aromatic carbocycles. The molecule has 0 aliphatic carbocycles. The summed E-state index contributed by atoms with van der Waals surface area (Å²) in [5, 5.41) is 20.6. The number of carbonyl (C=O) groups is 2. The van der Waals surface area contributed by atoms with Gasteiger partial charge in [0.05, 0.1) is 12.6 Å². The number of carbonyl (C=O) groups excluding carboxylic acids is 2. The number of nitrogens with one attached hydrogen (secondary N) is 1. The number of aliphatic hydroxyl groups excluding tert-OH is 1. The second kappa shape index (κ2) is 7.91. The summed E-state index contributed by atoms with van der Waals surface area (Å²) in [5.74, 6) is 0.733. The van der Waals surface area contributed by atoms with Crippen LogP contribution in [-0.2, 0) is 17.8 Å². The number of aromatic nitrogens is 3. The summed E-state index contributed by atoms with van der Waals surface area (Å²) in [4.78, 5) is 26.7. The Morgan fingerprint density at radius 1 is 1.35 bits per heavy atom. The molecule has 9 heteroatoms. The lowest BCUT2D eigenvalue weighted by Gasteiger charge is -2.22. The van der Waals surface area contributed by atoms with Gasteiger partial charge in [-0.2, -0.15) is 0 Å². The molecule has 1 saturated heterocycles. The van der Waals surface area contributed by atoms with Crippen molar-refractivity contribution >= 4 is 11.9 Å². The minimum absolute atomic E-state index is 0.0924. The van der Waals surface area contributed by atoms with Crippen LogP contribution in [0.4, 0.5) is 4.79 Å². The average Bonchev–Trinajstić information content (AvgIpc) is 2.87. The molecule has 0 spiro atoms. The lowest BCUT2D eigenvalue weighted by molar-refractivity contribution is -0.129. The summed E-state index contributed by atoms with van der Waals surface area (Å²) in [6.07, 6.45) is 1.53. The predicted molar refractivity (Wildman–Crippen MR) is 82.6 cm³/mol. The van der Waals surface area contributed by atoms with Crippen molar-refractivity contribution in [2.24, 2.45) is 0 Å². The van der Waals surface area contributed by atoms with Gasteiger partial charge >= 0.3 is 6.03 Å². The van der Waals surface area contributed by atoms with Gasteiger partial charge in [0.25, 0.3) is 0 Å². The lowest BCUT2D eigenvalue weighted by atomic mass is 10.3. The summed E-state index contributed by atoms with van der Waals surface area (Å²) < 4.78 is 1.92. The first kappa shape index (κ1) is 17.2. The van der Waals surface area contributed by atoms with E-state index >= 15 is 0 Å². The molecular formula is C14H24N6O3. The zero-order valence-corrected chi connectivity index (χ0v) is 13.6. The van der Waals surface area contributed by atoms with Gasteiger partial charge in [-0.25, -0.2) is 4.79 Å². The molecule has 1 fully saturated rings. The number of nitrogens with zero attached hydrogens (tertiary/aromatic N) is 5. The normalized spacial score (nSPS) is 18.7. The number of amides is 3. The van der Waals surface area contributed by atoms with E-state index < -0.39 is 6.10 Å². The van der Waals surface area contributed by atoms with E-state index in [1.165, 1.54) is 11.8 Å². The number of urea groups is 1. The summed E-state index contributed by atoms with van der Waals surface area (Å²) in [7, 11) is 0. The van der Waals surface area contributed by atoms with E-state index in [-0.39, 0.29) is 25.0 Å². The molecule has 2 rings (SSSR count). The van der Waals surface area contributed by atoms with E-state index in [1.54, 1.807) is 11.2 Å². The van der Waals surface area contributed by atoms with Crippen LogP contribution >= 0.6 is 0 Å². The van der Waals surface area contributed by atoms with E-state index in [9.17, 15) is 14.7 Å². The third-order valence-electron chi connectivity index (χ3n) is 3.90. The van der Waals surface area contributed by atoms with Crippen molar-refractivity contribution < 1.29 is 14.7 Å². The van der Waals surface area contributed by atoms with Gasteiger partial charge in [0.1, 0.15) is 12.2 Å². The standard InChI is InChI=1S/C14H24N6O3/c1-3-18-10-16-17-13(18)4-5-15-14(23)20-7-6-19(11(2)21)8-12(22)9-20/h10,12,22H,3-9H2,1-2H3,(H,15,23)/t12-/m1/s1. The van der Waals surface area contributed by atoms with E-state index in [1.807, 2.05) is 11.5 Å². The van der Waals surface area contributed by atoms with Gasteiger partial charge in [-0.3, -0.25) is 4.79 Å². The van der Waals surface area contributed by atoms with Crippen LogP contribution in [0, 0.1) is 0 Å². The Kier molecular flexibility index (Phi) is 5.91. The van der Waals surface area contributed by atoms with Crippen LogP contribution in [0.1, 0.15) is 19.7 Å². The monoisotopic (exact) mass is 324 g/mol. The van der Waals surface area contributed by atoms with Crippen molar-refractivity contribution in [3.8, 4) is 0 Å². The summed E-state index contributed by atoms with van der Waals surface area (Å²) in [6.45, 7) is 6.03. The van der Waals surface area contributed by atoms with Crippen LogP contribution in [0.25, 0.3) is 0 Å². The summed E-state index contributed by atoms with van der Waals surface area (Å²) in [5.41, 5.74) is 0. The molecule has 1 aliphatic heterocycles. The minimum Gasteiger partial charge on any atom is -0.389 e. The van der Waals surface area contributed by atoms with Crippen molar-refractivity contribution in [2.45, 2.75) is 32.9 Å². The zero-order chi connectivity index (χ0) is 16.8. The van der Waals surface area contributed by atoms with Crippen LogP contribution in [0.15, 0.2) is 6.33 Å².